The Labute approximate surface area is 82.0 Å². The number of hydrogen-bond donors (Lipinski definition) is 2. The van der Waals surface area contributed by atoms with Crippen molar-refractivity contribution in [2.75, 3.05) is 0 Å². The van der Waals surface area contributed by atoms with Crippen LogP contribution in [0.1, 0.15) is 26.2 Å². The van der Waals surface area contributed by atoms with Gasteiger partial charge < -0.3 is 15.9 Å². The maximum Gasteiger partial charge on any atom is 0.187 e. The van der Waals surface area contributed by atoms with Gasteiger partial charge in [-0.2, -0.15) is 0 Å². The van der Waals surface area contributed by atoms with Crippen LogP contribution in [-0.2, 0) is 4.43 Å². The van der Waals surface area contributed by atoms with Crippen LogP contribution in [0.3, 0.4) is 0 Å². The molecule has 1 saturated heterocycles. The number of nitrogens with two attached hydrogens (primary N) is 2. The molecule has 0 amide bonds. The minimum Gasteiger partial charge on any atom is -0.411 e. The van der Waals surface area contributed by atoms with E-state index < -0.39 is 14.0 Å². The fourth-order valence-electron chi connectivity index (χ4n) is 1.82. The van der Waals surface area contributed by atoms with Gasteiger partial charge in [0.15, 0.2) is 8.32 Å². The Balaban J connectivity index is 2.61. The Morgan fingerprint density at radius 1 is 1.46 bits per heavy atom. The fourth-order valence-corrected chi connectivity index (χ4v) is 4.10. The summed E-state index contributed by atoms with van der Waals surface area (Å²) in [4.78, 5) is 0. The van der Waals surface area contributed by atoms with Crippen LogP contribution in [0, 0.1) is 0 Å². The highest BCUT2D eigenvalue weighted by atomic mass is 28.4. The molecule has 1 aliphatic rings. The highest BCUT2D eigenvalue weighted by molar-refractivity contribution is 6.71. The van der Waals surface area contributed by atoms with Gasteiger partial charge in [0.05, 0.1) is 11.8 Å². The van der Waals surface area contributed by atoms with Crippen LogP contribution in [0.5, 0.6) is 0 Å². The Morgan fingerprint density at radius 2 is 2.08 bits per heavy atom. The summed E-state index contributed by atoms with van der Waals surface area (Å²) in [5.41, 5.74) is 11.4. The van der Waals surface area contributed by atoms with Crippen LogP contribution in [0.25, 0.3) is 0 Å². The predicted molar refractivity (Wildman–Crippen MR) is 57.8 cm³/mol. The SMILES string of the molecule is CCC(N)(N)C1CCC[Si](C)(C)O1. The largest absolute Gasteiger partial charge is 0.411 e. The van der Waals surface area contributed by atoms with Crippen LogP contribution in [0.2, 0.25) is 19.1 Å². The van der Waals surface area contributed by atoms with Gasteiger partial charge in [-0.25, -0.2) is 0 Å². The van der Waals surface area contributed by atoms with E-state index in [4.69, 9.17) is 15.9 Å². The molecule has 0 aromatic rings. The molecule has 13 heavy (non-hydrogen) atoms. The van der Waals surface area contributed by atoms with Gasteiger partial charge >= 0.3 is 0 Å². The zero-order valence-electron chi connectivity index (χ0n) is 8.97. The quantitative estimate of drug-likeness (QED) is 0.525. The molecule has 0 radical (unpaired) electrons. The molecule has 0 aromatic heterocycles. The monoisotopic (exact) mass is 202 g/mol. The molecule has 1 unspecified atom stereocenters. The Kier molecular flexibility index (Phi) is 3.17. The zero-order chi connectivity index (χ0) is 10.1. The molecule has 0 bridgehead atoms. The topological polar surface area (TPSA) is 61.3 Å². The second-order valence-corrected chi connectivity index (χ2v) is 8.98. The molecule has 1 aliphatic heterocycles. The number of rotatable bonds is 2. The molecule has 3 nitrogen and oxygen atoms in total. The fraction of sp³-hybridized carbons (Fsp3) is 1.00. The van der Waals surface area contributed by atoms with Gasteiger partial charge in [-0.15, -0.1) is 0 Å². The molecule has 0 aromatic carbocycles. The van der Waals surface area contributed by atoms with Crippen molar-refractivity contribution in [3.8, 4) is 0 Å². The van der Waals surface area contributed by atoms with E-state index in [1.807, 2.05) is 6.92 Å². The van der Waals surface area contributed by atoms with Gasteiger partial charge in [0.25, 0.3) is 0 Å². The normalized spacial score (nSPS) is 28.8. The minimum absolute atomic E-state index is 0.0768. The minimum atomic E-state index is -1.44. The predicted octanol–water partition coefficient (Wildman–Crippen LogP) is 1.39. The van der Waals surface area contributed by atoms with E-state index >= 15 is 0 Å². The summed E-state index contributed by atoms with van der Waals surface area (Å²) in [6.07, 6.45) is 3.10. The summed E-state index contributed by atoms with van der Waals surface area (Å²) in [6, 6.07) is 1.24. The van der Waals surface area contributed by atoms with E-state index in [-0.39, 0.29) is 6.10 Å². The van der Waals surface area contributed by atoms with Gasteiger partial charge in [0.2, 0.25) is 0 Å². The van der Waals surface area contributed by atoms with Crippen LogP contribution < -0.4 is 11.5 Å². The molecule has 4 heteroatoms. The maximum absolute atomic E-state index is 6.02. The third-order valence-electron chi connectivity index (χ3n) is 2.92. The van der Waals surface area contributed by atoms with Crippen molar-refractivity contribution in [1.29, 1.82) is 0 Å². The summed E-state index contributed by atoms with van der Waals surface area (Å²) in [7, 11) is -1.44. The summed E-state index contributed by atoms with van der Waals surface area (Å²) < 4.78 is 6.02. The molecular weight excluding hydrogens is 180 g/mol. The van der Waals surface area contributed by atoms with Crippen LogP contribution in [0.15, 0.2) is 0 Å². The van der Waals surface area contributed by atoms with Crippen molar-refractivity contribution < 1.29 is 4.43 Å². The van der Waals surface area contributed by atoms with Crippen LogP contribution in [0.4, 0.5) is 0 Å². The Morgan fingerprint density at radius 3 is 2.54 bits per heavy atom. The summed E-state index contributed by atoms with van der Waals surface area (Å²) in [5.74, 6) is 0. The van der Waals surface area contributed by atoms with Gasteiger partial charge in [-0.3, -0.25) is 0 Å². The van der Waals surface area contributed by atoms with E-state index in [9.17, 15) is 0 Å². The van der Waals surface area contributed by atoms with Gasteiger partial charge in [-0.1, -0.05) is 13.3 Å². The van der Waals surface area contributed by atoms with Crippen LogP contribution >= 0.6 is 0 Å². The Bertz CT molecular complexity index is 182. The first-order valence-corrected chi connectivity index (χ1v) is 8.24. The lowest BCUT2D eigenvalue weighted by Gasteiger charge is -2.42. The first-order chi connectivity index (χ1) is 5.87. The second kappa shape index (κ2) is 3.69. The standard InChI is InChI=1S/C9H22N2OSi/c1-4-9(10,11)8-6-5-7-13(2,3)12-8/h8H,4-7,10-11H2,1-3H3. The van der Waals surface area contributed by atoms with Crippen molar-refractivity contribution in [2.24, 2.45) is 11.5 Å². The van der Waals surface area contributed by atoms with Crippen molar-refractivity contribution >= 4 is 8.32 Å². The first kappa shape index (κ1) is 11.2. The van der Waals surface area contributed by atoms with E-state index in [0.29, 0.717) is 0 Å². The molecular formula is C9H22N2OSi. The maximum atomic E-state index is 6.02. The molecule has 1 heterocycles. The average Bonchev–Trinajstić information content (AvgIpc) is 2.03. The van der Waals surface area contributed by atoms with E-state index in [2.05, 4.69) is 13.1 Å². The summed E-state index contributed by atoms with van der Waals surface area (Å²) >= 11 is 0. The van der Waals surface area contributed by atoms with Crippen molar-refractivity contribution in [3.05, 3.63) is 0 Å². The lowest BCUT2D eigenvalue weighted by atomic mass is 9.98. The van der Waals surface area contributed by atoms with E-state index in [0.717, 1.165) is 12.8 Å². The summed E-state index contributed by atoms with van der Waals surface area (Å²) in [5, 5.41) is 0. The van der Waals surface area contributed by atoms with Crippen molar-refractivity contribution in [1.82, 2.24) is 0 Å². The zero-order valence-corrected chi connectivity index (χ0v) is 9.97. The lowest BCUT2D eigenvalue weighted by Crippen LogP contribution is -2.62. The highest BCUT2D eigenvalue weighted by Crippen LogP contribution is 2.29. The third kappa shape index (κ3) is 2.77. The van der Waals surface area contributed by atoms with Gasteiger partial charge in [0, 0.05) is 0 Å². The second-order valence-electron chi connectivity index (χ2n) is 4.72. The molecule has 1 rings (SSSR count). The molecule has 78 valence electrons. The van der Waals surface area contributed by atoms with Gasteiger partial charge in [0.1, 0.15) is 0 Å². The molecule has 1 atom stereocenters. The molecule has 0 saturated carbocycles. The lowest BCUT2D eigenvalue weighted by molar-refractivity contribution is 0.0774. The summed E-state index contributed by atoms with van der Waals surface area (Å²) in [6.45, 7) is 6.50. The van der Waals surface area contributed by atoms with E-state index in [1.165, 1.54) is 12.5 Å². The molecule has 1 fully saturated rings. The highest BCUT2D eigenvalue weighted by Gasteiger charge is 2.38. The smallest absolute Gasteiger partial charge is 0.187 e. The third-order valence-corrected chi connectivity index (χ3v) is 5.40. The molecule has 4 N–H and O–H groups in total. The first-order valence-electron chi connectivity index (χ1n) is 5.13. The molecule has 0 aliphatic carbocycles. The van der Waals surface area contributed by atoms with Crippen molar-refractivity contribution in [3.63, 3.8) is 0 Å². The van der Waals surface area contributed by atoms with Gasteiger partial charge in [-0.05, 0) is 32.0 Å². The van der Waals surface area contributed by atoms with E-state index in [1.54, 1.807) is 0 Å². The average molecular weight is 202 g/mol. The van der Waals surface area contributed by atoms with Crippen LogP contribution in [-0.4, -0.2) is 20.1 Å². The molecule has 0 spiro atoms. The Hall–Kier alpha value is 0.0969. The number of hydrogen-bond acceptors (Lipinski definition) is 3. The van der Waals surface area contributed by atoms with Crippen molar-refractivity contribution in [2.45, 2.75) is 57.1 Å².